The van der Waals surface area contributed by atoms with Gasteiger partial charge in [-0.05, 0) is 80.0 Å². The van der Waals surface area contributed by atoms with E-state index in [1.165, 1.54) is 11.1 Å². The molecule has 8 nitrogen and oxygen atoms in total. The fourth-order valence-electron chi connectivity index (χ4n) is 5.54. The number of hydrogen-bond donors (Lipinski definition) is 0. The number of aromatic nitrogens is 1. The van der Waals surface area contributed by atoms with E-state index in [-0.39, 0.29) is 18.0 Å². The quantitative estimate of drug-likeness (QED) is 0.407. The fraction of sp³-hybridized carbons (Fsp3) is 0.469. The molecular formula is C32H39N3O5. The Hall–Kier alpha value is -3.65. The highest BCUT2D eigenvalue weighted by Gasteiger charge is 2.30. The van der Waals surface area contributed by atoms with Crippen molar-refractivity contribution in [3.63, 3.8) is 0 Å². The lowest BCUT2D eigenvalue weighted by Gasteiger charge is -2.35. The molecule has 8 heteroatoms. The summed E-state index contributed by atoms with van der Waals surface area (Å²) in [5.74, 6) is 0.654. The Morgan fingerprint density at radius 3 is 2.55 bits per heavy atom. The van der Waals surface area contributed by atoms with E-state index in [9.17, 15) is 9.59 Å². The third-order valence-corrected chi connectivity index (χ3v) is 7.65. The van der Waals surface area contributed by atoms with E-state index in [2.05, 4.69) is 24.3 Å². The molecule has 2 aliphatic rings. The van der Waals surface area contributed by atoms with Gasteiger partial charge in [-0.1, -0.05) is 24.3 Å². The van der Waals surface area contributed by atoms with Crippen LogP contribution >= 0.6 is 0 Å². The number of methoxy groups -OCH3 is 1. The maximum atomic E-state index is 13.3. The molecule has 2 aromatic carbocycles. The van der Waals surface area contributed by atoms with Gasteiger partial charge in [0, 0.05) is 57.3 Å². The van der Waals surface area contributed by atoms with Gasteiger partial charge in [0.15, 0.2) is 0 Å². The minimum absolute atomic E-state index is 0.0583. The molecule has 3 heterocycles. The minimum Gasteiger partial charge on any atom is -0.481 e. The Labute approximate surface area is 236 Å². The molecule has 212 valence electrons. The summed E-state index contributed by atoms with van der Waals surface area (Å²) in [5, 5.41) is 0.996. The number of ether oxygens (including phenoxy) is 3. The standard InChI is InChI=1S/C32H39N3O5/c1-21(36)34-13-10-23-17-24(7-8-25(23)20-34)27-18-30(38-5)33-29-9-6-22(16-28(27)29)19-35(26-11-14-39-15-12-26)31(37)40-32(2,3)4/h6-9,16-18,26H,10-15,19-20H2,1-5H3. The van der Waals surface area contributed by atoms with Crippen molar-refractivity contribution in [2.24, 2.45) is 0 Å². The lowest BCUT2D eigenvalue weighted by Crippen LogP contribution is -2.45. The molecule has 40 heavy (non-hydrogen) atoms. The van der Waals surface area contributed by atoms with Gasteiger partial charge < -0.3 is 24.0 Å². The van der Waals surface area contributed by atoms with Crippen molar-refractivity contribution in [3.05, 3.63) is 59.2 Å². The summed E-state index contributed by atoms with van der Waals surface area (Å²) in [5.41, 5.74) is 5.79. The fourth-order valence-corrected chi connectivity index (χ4v) is 5.54. The molecule has 0 bridgehead atoms. The van der Waals surface area contributed by atoms with E-state index in [0.717, 1.165) is 53.4 Å². The molecule has 0 aliphatic carbocycles. The first-order valence-corrected chi connectivity index (χ1v) is 14.0. The molecule has 2 aliphatic heterocycles. The Morgan fingerprint density at radius 2 is 1.85 bits per heavy atom. The van der Waals surface area contributed by atoms with Gasteiger partial charge in [0.2, 0.25) is 11.8 Å². The molecule has 0 saturated carbocycles. The summed E-state index contributed by atoms with van der Waals surface area (Å²) in [7, 11) is 1.63. The van der Waals surface area contributed by atoms with Crippen molar-refractivity contribution in [1.82, 2.24) is 14.8 Å². The predicted octanol–water partition coefficient (Wildman–Crippen LogP) is 5.73. The normalized spacial score (nSPS) is 16.0. The molecule has 0 N–H and O–H groups in total. The average Bonchev–Trinajstić information content (AvgIpc) is 2.94. The van der Waals surface area contributed by atoms with Gasteiger partial charge in [-0.25, -0.2) is 9.78 Å². The molecule has 5 rings (SSSR count). The molecule has 1 saturated heterocycles. The summed E-state index contributed by atoms with van der Waals surface area (Å²) in [6, 6.07) is 14.6. The smallest absolute Gasteiger partial charge is 0.410 e. The van der Waals surface area contributed by atoms with Crippen LogP contribution in [0, 0.1) is 0 Å². The van der Waals surface area contributed by atoms with Crippen molar-refractivity contribution >= 4 is 22.9 Å². The molecule has 2 amide bonds. The zero-order valence-electron chi connectivity index (χ0n) is 24.2. The second-order valence-corrected chi connectivity index (χ2v) is 11.7. The van der Waals surface area contributed by atoms with Crippen LogP contribution in [0.5, 0.6) is 5.88 Å². The topological polar surface area (TPSA) is 81.2 Å². The van der Waals surface area contributed by atoms with Crippen LogP contribution in [0.2, 0.25) is 0 Å². The number of carbonyl (C=O) groups is 2. The van der Waals surface area contributed by atoms with Gasteiger partial charge in [-0.3, -0.25) is 4.79 Å². The molecule has 0 atom stereocenters. The third kappa shape index (κ3) is 6.22. The van der Waals surface area contributed by atoms with E-state index in [1.807, 2.05) is 48.8 Å². The van der Waals surface area contributed by atoms with Crippen LogP contribution in [-0.2, 0) is 33.8 Å². The van der Waals surface area contributed by atoms with Crippen molar-refractivity contribution in [2.45, 2.75) is 71.7 Å². The first-order valence-electron chi connectivity index (χ1n) is 14.0. The summed E-state index contributed by atoms with van der Waals surface area (Å²) >= 11 is 0. The van der Waals surface area contributed by atoms with Crippen molar-refractivity contribution in [3.8, 4) is 17.0 Å². The number of amides is 2. The number of pyridine rings is 1. The van der Waals surface area contributed by atoms with Crippen molar-refractivity contribution < 1.29 is 23.8 Å². The monoisotopic (exact) mass is 545 g/mol. The number of hydrogen-bond acceptors (Lipinski definition) is 6. The molecule has 0 spiro atoms. The van der Waals surface area contributed by atoms with E-state index in [0.29, 0.717) is 32.2 Å². The van der Waals surface area contributed by atoms with Crippen LogP contribution in [0.25, 0.3) is 22.0 Å². The maximum Gasteiger partial charge on any atom is 0.410 e. The van der Waals surface area contributed by atoms with E-state index < -0.39 is 5.60 Å². The van der Waals surface area contributed by atoms with Gasteiger partial charge >= 0.3 is 6.09 Å². The number of rotatable bonds is 5. The molecule has 0 unspecified atom stereocenters. The summed E-state index contributed by atoms with van der Waals surface area (Å²) in [6.45, 7) is 10.4. The van der Waals surface area contributed by atoms with E-state index in [4.69, 9.17) is 19.2 Å². The minimum atomic E-state index is -0.578. The van der Waals surface area contributed by atoms with Gasteiger partial charge in [0.05, 0.1) is 12.6 Å². The molecular weight excluding hydrogens is 506 g/mol. The highest BCUT2D eigenvalue weighted by Crippen LogP contribution is 2.34. The summed E-state index contributed by atoms with van der Waals surface area (Å²) in [6.07, 6.45) is 2.09. The molecule has 0 radical (unpaired) electrons. The van der Waals surface area contributed by atoms with Crippen molar-refractivity contribution in [2.75, 3.05) is 26.9 Å². The zero-order chi connectivity index (χ0) is 28.4. The summed E-state index contributed by atoms with van der Waals surface area (Å²) in [4.78, 5) is 33.6. The molecule has 3 aromatic rings. The van der Waals surface area contributed by atoms with E-state index >= 15 is 0 Å². The van der Waals surface area contributed by atoms with Gasteiger partial charge in [-0.2, -0.15) is 0 Å². The SMILES string of the molecule is COc1cc(-c2ccc3c(c2)CCN(C(C)=O)C3)c2cc(CN(C(=O)OC(C)(C)C)C3CCOCC3)ccc2n1. The number of nitrogens with zero attached hydrogens (tertiary/aromatic N) is 3. The third-order valence-electron chi connectivity index (χ3n) is 7.65. The Balaban J connectivity index is 1.51. The average molecular weight is 546 g/mol. The second kappa shape index (κ2) is 11.5. The second-order valence-electron chi connectivity index (χ2n) is 11.7. The zero-order valence-corrected chi connectivity index (χ0v) is 24.2. The van der Waals surface area contributed by atoms with E-state index in [1.54, 1.807) is 14.0 Å². The highest BCUT2D eigenvalue weighted by atomic mass is 16.6. The predicted molar refractivity (Wildman–Crippen MR) is 154 cm³/mol. The van der Waals surface area contributed by atoms with Crippen molar-refractivity contribution in [1.29, 1.82) is 0 Å². The van der Waals surface area contributed by atoms with Gasteiger partial charge in [0.25, 0.3) is 0 Å². The highest BCUT2D eigenvalue weighted by molar-refractivity contribution is 5.95. The lowest BCUT2D eigenvalue weighted by molar-refractivity contribution is -0.129. The maximum absolute atomic E-state index is 13.3. The Morgan fingerprint density at radius 1 is 1.07 bits per heavy atom. The van der Waals surface area contributed by atoms with Crippen LogP contribution in [0.3, 0.4) is 0 Å². The molecule has 1 aromatic heterocycles. The van der Waals surface area contributed by atoms with Crippen LogP contribution < -0.4 is 4.74 Å². The van der Waals surface area contributed by atoms with Crippen LogP contribution in [0.1, 0.15) is 57.2 Å². The van der Waals surface area contributed by atoms with Crippen LogP contribution in [0.4, 0.5) is 4.79 Å². The van der Waals surface area contributed by atoms with Crippen LogP contribution in [0.15, 0.2) is 42.5 Å². The van der Waals surface area contributed by atoms with Gasteiger partial charge in [0.1, 0.15) is 5.60 Å². The molecule has 1 fully saturated rings. The number of carbonyl (C=O) groups excluding carboxylic acids is 2. The summed E-state index contributed by atoms with van der Waals surface area (Å²) < 4.78 is 16.9. The van der Waals surface area contributed by atoms with Crippen LogP contribution in [-0.4, -0.2) is 65.3 Å². The largest absolute Gasteiger partial charge is 0.481 e. The Kier molecular flexibility index (Phi) is 7.99. The number of benzene rings is 2. The Bertz CT molecular complexity index is 1410. The van der Waals surface area contributed by atoms with Gasteiger partial charge in [-0.15, -0.1) is 0 Å². The first kappa shape index (κ1) is 27.9. The number of fused-ring (bicyclic) bond motifs is 2. The lowest BCUT2D eigenvalue weighted by atomic mass is 9.92. The first-order chi connectivity index (χ1) is 19.1.